The van der Waals surface area contributed by atoms with E-state index < -0.39 is 7.12 Å². The largest absolute Gasteiger partial charge is 0.495 e. The van der Waals surface area contributed by atoms with Crippen LogP contribution in [0.1, 0.15) is 0 Å². The molecule has 0 radical (unpaired) electrons. The van der Waals surface area contributed by atoms with Crippen molar-refractivity contribution in [1.29, 1.82) is 0 Å². The molecule has 2 saturated heterocycles. The summed E-state index contributed by atoms with van der Waals surface area (Å²) >= 11 is 3.26. The molecule has 0 spiro atoms. The third-order valence-electron chi connectivity index (χ3n) is 6.68. The number of halogens is 1. The zero-order valence-electron chi connectivity index (χ0n) is 25.5. The van der Waals surface area contributed by atoms with Crippen molar-refractivity contribution < 1.29 is 29.0 Å². The first-order chi connectivity index (χ1) is 22.3. The van der Waals surface area contributed by atoms with Crippen LogP contribution in [0.2, 0.25) is 0 Å². The maximum atomic E-state index is 8.70. The van der Waals surface area contributed by atoms with Gasteiger partial charge in [-0.2, -0.15) is 9.97 Å². The van der Waals surface area contributed by atoms with Gasteiger partial charge in [0, 0.05) is 67.6 Å². The van der Waals surface area contributed by atoms with E-state index in [0.717, 1.165) is 55.0 Å². The van der Waals surface area contributed by atoms with Gasteiger partial charge in [0.2, 0.25) is 11.9 Å². The molecule has 4 aromatic heterocycles. The van der Waals surface area contributed by atoms with Gasteiger partial charge in [0.25, 0.3) is 0 Å². The van der Waals surface area contributed by atoms with Crippen LogP contribution >= 0.6 is 15.9 Å². The third kappa shape index (κ3) is 9.82. The normalized spacial score (nSPS) is 14.3. The minimum Gasteiger partial charge on any atom is -0.495 e. The topological polar surface area (TPSA) is 213 Å². The van der Waals surface area contributed by atoms with Gasteiger partial charge in [-0.1, -0.05) is 0 Å². The number of rotatable bonds is 6. The summed E-state index contributed by atoms with van der Waals surface area (Å²) in [5, 5.41) is 17.4. The Morgan fingerprint density at radius 2 is 1.26 bits per heavy atom. The highest BCUT2D eigenvalue weighted by Crippen LogP contribution is 2.27. The average molecular weight is 699 g/mol. The molecule has 46 heavy (non-hydrogen) atoms. The lowest BCUT2D eigenvalue weighted by atomic mass is 9.82. The van der Waals surface area contributed by atoms with Crippen LogP contribution in [0.15, 0.2) is 53.8 Å². The van der Waals surface area contributed by atoms with E-state index in [0.29, 0.717) is 53.7 Å². The molecule has 16 nitrogen and oxygen atoms in total. The van der Waals surface area contributed by atoms with Gasteiger partial charge in [-0.15, -0.1) is 0 Å². The van der Waals surface area contributed by atoms with E-state index in [1.165, 1.54) is 25.6 Å². The Bertz CT molecular complexity index is 1550. The molecule has 18 heteroatoms. The van der Waals surface area contributed by atoms with Crippen LogP contribution in [0.5, 0.6) is 11.5 Å². The molecule has 6 rings (SSSR count). The molecule has 6 heterocycles. The summed E-state index contributed by atoms with van der Waals surface area (Å²) in [6, 6.07) is 3.37. The van der Waals surface area contributed by atoms with E-state index in [1.54, 1.807) is 31.9 Å². The maximum Gasteiger partial charge on any atom is 0.490 e. The zero-order chi connectivity index (χ0) is 32.9. The molecule has 0 unspecified atom stereocenters. The van der Waals surface area contributed by atoms with Gasteiger partial charge in [-0.05, 0) is 28.1 Å². The van der Waals surface area contributed by atoms with Crippen molar-refractivity contribution >= 4 is 52.0 Å². The van der Waals surface area contributed by atoms with E-state index in [2.05, 4.69) is 55.6 Å². The average Bonchev–Trinajstić information content (AvgIpc) is 3.10. The maximum absolute atomic E-state index is 8.70. The second-order valence-corrected chi connectivity index (χ2v) is 10.6. The number of nitrogen functional groups attached to an aromatic ring is 2. The number of hydrogen-bond acceptors (Lipinski definition) is 16. The minimum absolute atomic E-state index is 0.323. The first-order valence-electron chi connectivity index (χ1n) is 14.2. The zero-order valence-corrected chi connectivity index (χ0v) is 27.1. The van der Waals surface area contributed by atoms with Crippen molar-refractivity contribution in [1.82, 2.24) is 29.9 Å². The summed E-state index contributed by atoms with van der Waals surface area (Å²) in [4.78, 5) is 29.2. The van der Waals surface area contributed by atoms with Crippen LogP contribution in [0.25, 0.3) is 11.1 Å². The molecule has 6 N–H and O–H groups in total. The van der Waals surface area contributed by atoms with Gasteiger partial charge in [0.05, 0.1) is 57.5 Å². The van der Waals surface area contributed by atoms with E-state index in [9.17, 15) is 0 Å². The van der Waals surface area contributed by atoms with Crippen LogP contribution in [-0.2, 0) is 9.47 Å². The highest BCUT2D eigenvalue weighted by Gasteiger charge is 2.17. The fourth-order valence-electron chi connectivity index (χ4n) is 4.18. The third-order valence-corrected chi connectivity index (χ3v) is 7.29. The van der Waals surface area contributed by atoms with Gasteiger partial charge >= 0.3 is 7.12 Å². The summed E-state index contributed by atoms with van der Waals surface area (Å²) in [5.74, 6) is 3.40. The van der Waals surface area contributed by atoms with Gasteiger partial charge < -0.3 is 50.3 Å². The molecule has 4 aromatic rings. The van der Waals surface area contributed by atoms with Crippen molar-refractivity contribution in [3.8, 4) is 22.6 Å². The first-order valence-corrected chi connectivity index (χ1v) is 15.0. The van der Waals surface area contributed by atoms with Crippen LogP contribution in [-0.4, -0.2) is 114 Å². The number of pyridine rings is 2. The molecular weight excluding hydrogens is 663 g/mol. The highest BCUT2D eigenvalue weighted by molar-refractivity contribution is 9.10. The minimum atomic E-state index is -1.49. The van der Waals surface area contributed by atoms with Crippen LogP contribution < -0.4 is 36.2 Å². The van der Waals surface area contributed by atoms with E-state index in [-0.39, 0.29) is 0 Å². The summed E-state index contributed by atoms with van der Waals surface area (Å²) in [6.07, 6.45) is 9.62. The number of morpholine rings is 2. The number of methoxy groups -OCH3 is 2. The van der Waals surface area contributed by atoms with Gasteiger partial charge in [0.15, 0.2) is 0 Å². The molecule has 0 aliphatic carbocycles. The van der Waals surface area contributed by atoms with E-state index in [4.69, 9.17) is 40.5 Å². The number of aromatic nitrogens is 6. The fraction of sp³-hybridized carbons (Fsp3) is 0.357. The number of hydrogen-bond donors (Lipinski definition) is 4. The summed E-state index contributed by atoms with van der Waals surface area (Å²) in [6.45, 7) is 6.01. The standard InChI is InChI=1S/C14H17N5O2.C8H11BrN4O.C6H8BNO3/c1-20-11-6-10(7-16-8-11)12-9-17-14(18-13(12)15)19-2-4-21-5-3-19;9-6-5-11-8(12-7(6)10)13-1-3-14-4-2-13;1-11-6-2-5(7(9)10)3-8-4-6/h6-9H,2-5H2,1H3,(H2,15,17,18);5H,1-4H2,(H2,10,11,12);2-4,9-10H,1H3. The van der Waals surface area contributed by atoms with Crippen molar-refractivity contribution in [3.05, 3.63) is 53.8 Å². The number of anilines is 4. The number of nitrogens with zero attached hydrogens (tertiary/aromatic N) is 8. The Morgan fingerprint density at radius 1 is 0.739 bits per heavy atom. The molecule has 0 bridgehead atoms. The molecule has 0 atom stereocenters. The SMILES string of the molecule is COc1cncc(-c2cnc(N3CCOCC3)nc2N)c1.COc1cncc(B(O)O)c1.Nc1nc(N2CCOCC2)ncc1Br. The van der Waals surface area contributed by atoms with Gasteiger partial charge in [0.1, 0.15) is 23.1 Å². The summed E-state index contributed by atoms with van der Waals surface area (Å²) in [7, 11) is 1.60. The Morgan fingerprint density at radius 3 is 1.78 bits per heavy atom. The van der Waals surface area contributed by atoms with Gasteiger partial charge in [-0.3, -0.25) is 9.97 Å². The Hall–Kier alpha value is -4.36. The monoisotopic (exact) mass is 698 g/mol. The Balaban J connectivity index is 0.000000167. The Kier molecular flexibility index (Phi) is 13.0. The molecule has 2 fully saturated rings. The smallest absolute Gasteiger partial charge is 0.490 e. The first kappa shape index (κ1) is 34.5. The lowest BCUT2D eigenvalue weighted by molar-refractivity contribution is 0.122. The highest BCUT2D eigenvalue weighted by atomic mass is 79.9. The predicted molar refractivity (Wildman–Crippen MR) is 177 cm³/mol. The van der Waals surface area contributed by atoms with Gasteiger partial charge in [-0.25, -0.2) is 9.97 Å². The van der Waals surface area contributed by atoms with E-state index >= 15 is 0 Å². The van der Waals surface area contributed by atoms with Crippen molar-refractivity contribution in [2.24, 2.45) is 0 Å². The molecule has 0 saturated carbocycles. The summed E-state index contributed by atoms with van der Waals surface area (Å²) < 4.78 is 21.3. The van der Waals surface area contributed by atoms with Crippen LogP contribution in [0, 0.1) is 0 Å². The van der Waals surface area contributed by atoms with Crippen LogP contribution in [0.3, 0.4) is 0 Å². The summed E-state index contributed by atoms with van der Waals surface area (Å²) in [5.41, 5.74) is 13.7. The second-order valence-electron chi connectivity index (χ2n) is 9.72. The predicted octanol–water partition coefficient (Wildman–Crippen LogP) is 0.394. The lowest BCUT2D eigenvalue weighted by Gasteiger charge is -2.26. The molecule has 2 aliphatic heterocycles. The molecule has 0 aromatic carbocycles. The quantitative estimate of drug-likeness (QED) is 0.201. The molecule has 244 valence electrons. The van der Waals surface area contributed by atoms with Crippen molar-refractivity contribution in [3.63, 3.8) is 0 Å². The molecule has 0 amide bonds. The molecular formula is C28H36BBrN10O6. The van der Waals surface area contributed by atoms with Crippen LogP contribution in [0.4, 0.5) is 23.5 Å². The lowest BCUT2D eigenvalue weighted by Crippen LogP contribution is -2.37. The number of ether oxygens (including phenoxy) is 4. The fourth-order valence-corrected chi connectivity index (χ4v) is 4.37. The molecule has 2 aliphatic rings. The van der Waals surface area contributed by atoms with Crippen molar-refractivity contribution in [2.45, 2.75) is 0 Å². The number of nitrogens with two attached hydrogens (primary N) is 2. The van der Waals surface area contributed by atoms with E-state index in [1.807, 2.05) is 6.07 Å². The van der Waals surface area contributed by atoms with Crippen molar-refractivity contribution in [2.75, 3.05) is 88.1 Å². The second kappa shape index (κ2) is 17.4. The Labute approximate surface area is 275 Å².